The number of phenols is 1. The predicted octanol–water partition coefficient (Wildman–Crippen LogP) is 4.49. The topological polar surface area (TPSA) is 76.0 Å². The monoisotopic (exact) mass is 388 g/mol. The summed E-state index contributed by atoms with van der Waals surface area (Å²) < 4.78 is 11.3. The lowest BCUT2D eigenvalue weighted by Gasteiger charge is -2.42. The molecule has 0 spiro atoms. The molecule has 0 radical (unpaired) electrons. The van der Waals surface area contributed by atoms with Gasteiger partial charge in [0.25, 0.3) is 0 Å². The number of hydrogen-bond acceptors (Lipinski definition) is 5. The van der Waals surface area contributed by atoms with Gasteiger partial charge in [0.1, 0.15) is 23.2 Å². The van der Waals surface area contributed by atoms with Gasteiger partial charge in [-0.2, -0.15) is 0 Å². The summed E-state index contributed by atoms with van der Waals surface area (Å²) >= 11 is 0. The van der Waals surface area contributed by atoms with E-state index in [1.807, 2.05) is 6.92 Å². The molecule has 0 amide bonds. The lowest BCUT2D eigenvalue weighted by molar-refractivity contribution is -0.0826. The highest BCUT2D eigenvalue weighted by molar-refractivity contribution is 5.95. The van der Waals surface area contributed by atoms with E-state index in [9.17, 15) is 15.0 Å². The zero-order chi connectivity index (χ0) is 20.6. The molecule has 1 heterocycles. The first-order chi connectivity index (χ1) is 13.2. The van der Waals surface area contributed by atoms with Crippen molar-refractivity contribution < 1.29 is 24.5 Å². The van der Waals surface area contributed by atoms with Crippen LogP contribution in [0.2, 0.25) is 0 Å². The summed E-state index contributed by atoms with van der Waals surface area (Å²) in [5, 5.41) is 21.9. The number of rotatable bonds is 6. The Kier molecular flexibility index (Phi) is 5.76. The number of ether oxygens (including phenoxy) is 2. The number of allylic oxidation sites excluding steroid dienone is 1. The van der Waals surface area contributed by atoms with Crippen molar-refractivity contribution in [2.75, 3.05) is 7.11 Å². The molecule has 0 aromatic heterocycles. The Hall–Kier alpha value is -2.01. The second kappa shape index (κ2) is 7.78. The first kappa shape index (κ1) is 20.7. The van der Waals surface area contributed by atoms with E-state index in [1.165, 1.54) is 7.11 Å². The molecule has 1 aromatic rings. The number of methoxy groups -OCH3 is 1. The van der Waals surface area contributed by atoms with E-state index in [4.69, 9.17) is 9.47 Å². The smallest absolute Gasteiger partial charge is 0.341 e. The first-order valence-corrected chi connectivity index (χ1v) is 10.2. The molecule has 5 heteroatoms. The Labute approximate surface area is 167 Å². The Bertz CT molecular complexity index is 780. The summed E-state index contributed by atoms with van der Waals surface area (Å²) in [5.41, 5.74) is 1.68. The van der Waals surface area contributed by atoms with Gasteiger partial charge in [0.15, 0.2) is 0 Å². The summed E-state index contributed by atoms with van der Waals surface area (Å²) in [6.07, 6.45) is 4.49. The van der Waals surface area contributed by atoms with Crippen LogP contribution >= 0.6 is 0 Å². The molecule has 28 heavy (non-hydrogen) atoms. The molecule has 1 saturated carbocycles. The number of esters is 1. The van der Waals surface area contributed by atoms with Crippen LogP contribution in [0.4, 0.5) is 0 Å². The van der Waals surface area contributed by atoms with E-state index in [2.05, 4.69) is 13.5 Å². The van der Waals surface area contributed by atoms with Gasteiger partial charge in [0.2, 0.25) is 0 Å². The third kappa shape index (κ3) is 3.41. The number of aryl methyl sites for hydroxylation is 1. The molecule has 0 saturated heterocycles. The lowest BCUT2D eigenvalue weighted by atomic mass is 9.66. The van der Waals surface area contributed by atoms with Gasteiger partial charge < -0.3 is 19.7 Å². The zero-order valence-electron chi connectivity index (χ0n) is 17.4. The summed E-state index contributed by atoms with van der Waals surface area (Å²) in [7, 11) is 1.35. The number of unbranched alkanes of at least 4 members (excludes halogenated alkanes) is 2. The number of aromatic hydroxyl groups is 1. The van der Waals surface area contributed by atoms with Gasteiger partial charge in [-0.3, -0.25) is 0 Å². The highest BCUT2D eigenvalue weighted by atomic mass is 16.5. The molecule has 1 aliphatic carbocycles. The molecule has 2 aliphatic rings. The second-order valence-electron chi connectivity index (χ2n) is 8.53. The normalized spacial score (nSPS) is 28.2. The van der Waals surface area contributed by atoms with Gasteiger partial charge >= 0.3 is 5.97 Å². The maximum Gasteiger partial charge on any atom is 0.341 e. The standard InChI is InChI=1S/C23H32O5/c1-6-7-8-9-14-12-16(24)19-18-15(13(2)3)10-11-23(4,26)21(18)28-20(19)17(14)22(25)27-5/h12,15,18,21,24,26H,2,6-11H2,1,3-5H3. The average Bonchev–Trinajstić information content (AvgIpc) is 3.03. The number of fused-ring (bicyclic) bond motifs is 3. The van der Waals surface area contributed by atoms with Gasteiger partial charge in [0, 0.05) is 11.5 Å². The highest BCUT2D eigenvalue weighted by Crippen LogP contribution is 2.57. The fraction of sp³-hybridized carbons (Fsp3) is 0.609. The van der Waals surface area contributed by atoms with Crippen LogP contribution in [0.1, 0.15) is 80.3 Å². The summed E-state index contributed by atoms with van der Waals surface area (Å²) in [4.78, 5) is 12.7. The lowest BCUT2D eigenvalue weighted by Crippen LogP contribution is -2.50. The summed E-state index contributed by atoms with van der Waals surface area (Å²) in [6, 6.07) is 1.69. The van der Waals surface area contributed by atoms with E-state index >= 15 is 0 Å². The molecule has 1 fully saturated rings. The zero-order valence-corrected chi connectivity index (χ0v) is 17.4. The van der Waals surface area contributed by atoms with E-state index in [-0.39, 0.29) is 17.6 Å². The minimum absolute atomic E-state index is 0.0776. The van der Waals surface area contributed by atoms with Gasteiger partial charge in [-0.1, -0.05) is 31.9 Å². The Balaban J connectivity index is 2.16. The number of benzene rings is 1. The quantitative estimate of drug-likeness (QED) is 0.426. The van der Waals surface area contributed by atoms with Crippen molar-refractivity contribution in [1.29, 1.82) is 0 Å². The Morgan fingerprint density at radius 3 is 2.75 bits per heavy atom. The van der Waals surface area contributed by atoms with Crippen molar-refractivity contribution in [3.63, 3.8) is 0 Å². The highest BCUT2D eigenvalue weighted by Gasteiger charge is 2.54. The van der Waals surface area contributed by atoms with Crippen LogP contribution in [0.25, 0.3) is 0 Å². The molecular weight excluding hydrogens is 356 g/mol. The van der Waals surface area contributed by atoms with E-state index in [0.29, 0.717) is 29.7 Å². The van der Waals surface area contributed by atoms with Crippen molar-refractivity contribution in [2.45, 2.75) is 76.9 Å². The minimum atomic E-state index is -1.04. The van der Waals surface area contributed by atoms with Gasteiger partial charge in [-0.15, -0.1) is 0 Å². The van der Waals surface area contributed by atoms with Crippen molar-refractivity contribution in [3.8, 4) is 11.5 Å². The predicted molar refractivity (Wildman–Crippen MR) is 108 cm³/mol. The molecule has 0 bridgehead atoms. The molecule has 5 nitrogen and oxygen atoms in total. The molecule has 4 atom stereocenters. The van der Waals surface area contributed by atoms with Crippen LogP contribution < -0.4 is 4.74 Å². The number of hydrogen-bond donors (Lipinski definition) is 2. The number of carbonyl (C=O) groups excluding carboxylic acids is 1. The molecule has 2 N–H and O–H groups in total. The van der Waals surface area contributed by atoms with Gasteiger partial charge in [0.05, 0.1) is 12.7 Å². The molecule has 3 rings (SSSR count). The third-order valence-electron chi connectivity index (χ3n) is 6.36. The maximum atomic E-state index is 12.7. The average molecular weight is 389 g/mol. The van der Waals surface area contributed by atoms with Gasteiger partial charge in [-0.05, 0) is 57.1 Å². The number of phenolic OH excluding ortho intramolecular Hbond substituents is 1. The van der Waals surface area contributed by atoms with Crippen LogP contribution in [0, 0.1) is 5.92 Å². The van der Waals surface area contributed by atoms with Crippen molar-refractivity contribution >= 4 is 5.97 Å². The van der Waals surface area contributed by atoms with Crippen molar-refractivity contribution in [3.05, 3.63) is 34.9 Å². The fourth-order valence-corrected chi connectivity index (χ4v) is 4.84. The van der Waals surface area contributed by atoms with E-state index in [0.717, 1.165) is 36.8 Å². The Morgan fingerprint density at radius 2 is 2.14 bits per heavy atom. The van der Waals surface area contributed by atoms with Crippen LogP contribution in [0.3, 0.4) is 0 Å². The number of carbonyl (C=O) groups is 1. The van der Waals surface area contributed by atoms with Crippen LogP contribution in [0.15, 0.2) is 18.2 Å². The molecule has 1 aliphatic heterocycles. The van der Waals surface area contributed by atoms with Crippen LogP contribution in [0.5, 0.6) is 11.5 Å². The summed E-state index contributed by atoms with van der Waals surface area (Å²) in [6.45, 7) is 9.98. The largest absolute Gasteiger partial charge is 0.508 e. The van der Waals surface area contributed by atoms with Gasteiger partial charge in [-0.25, -0.2) is 4.79 Å². The molecule has 4 unspecified atom stereocenters. The SMILES string of the molecule is C=C(C)C1CCC(C)(O)C2Oc3c(C(=O)OC)c(CCCCC)cc(O)c3C12. The van der Waals surface area contributed by atoms with Crippen molar-refractivity contribution in [2.24, 2.45) is 5.92 Å². The fourth-order valence-electron chi connectivity index (χ4n) is 4.84. The third-order valence-corrected chi connectivity index (χ3v) is 6.36. The molecular formula is C23H32O5. The van der Waals surface area contributed by atoms with Crippen molar-refractivity contribution in [1.82, 2.24) is 0 Å². The molecule has 154 valence electrons. The molecule has 1 aromatic carbocycles. The minimum Gasteiger partial charge on any atom is -0.508 e. The maximum absolute atomic E-state index is 12.7. The second-order valence-corrected chi connectivity index (χ2v) is 8.53. The van der Waals surface area contributed by atoms with Crippen LogP contribution in [-0.4, -0.2) is 35.0 Å². The van der Waals surface area contributed by atoms with E-state index < -0.39 is 17.7 Å². The number of aliphatic hydroxyl groups is 1. The Morgan fingerprint density at radius 1 is 1.43 bits per heavy atom. The van der Waals surface area contributed by atoms with Crippen LogP contribution in [-0.2, 0) is 11.2 Å². The first-order valence-electron chi connectivity index (χ1n) is 10.2. The summed E-state index contributed by atoms with van der Waals surface area (Å²) in [5.74, 6) is -0.113. The van der Waals surface area contributed by atoms with E-state index in [1.54, 1.807) is 13.0 Å².